The first-order chi connectivity index (χ1) is 9.63. The van der Waals surface area contributed by atoms with Crippen molar-refractivity contribution in [3.05, 3.63) is 72.5 Å². The molecule has 0 radical (unpaired) electrons. The number of ether oxygens (including phenoxy) is 1. The Morgan fingerprint density at radius 1 is 0.900 bits per heavy atom. The Morgan fingerprint density at radius 3 is 2.15 bits per heavy atom. The van der Waals surface area contributed by atoms with Gasteiger partial charge in [0.15, 0.2) is 0 Å². The number of benzene rings is 3. The maximum absolute atomic E-state index is 11.9. The van der Waals surface area contributed by atoms with Crippen molar-refractivity contribution in [2.24, 2.45) is 0 Å². The van der Waals surface area contributed by atoms with E-state index < -0.39 is 0 Å². The van der Waals surface area contributed by atoms with Gasteiger partial charge in [0.2, 0.25) is 0 Å². The van der Waals surface area contributed by atoms with Gasteiger partial charge in [-0.1, -0.05) is 36.9 Å². The van der Waals surface area contributed by atoms with E-state index in [1.54, 1.807) is 13.0 Å². The second kappa shape index (κ2) is 4.82. The molecule has 20 heavy (non-hydrogen) atoms. The summed E-state index contributed by atoms with van der Waals surface area (Å²) in [7, 11) is 0. The zero-order chi connectivity index (χ0) is 14.1. The number of rotatable bonds is 2. The van der Waals surface area contributed by atoms with E-state index in [9.17, 15) is 4.79 Å². The molecule has 0 unspecified atom stereocenters. The molecule has 0 spiro atoms. The Labute approximate surface area is 117 Å². The van der Waals surface area contributed by atoms with E-state index in [0.717, 1.165) is 16.2 Å². The van der Waals surface area contributed by atoms with Crippen LogP contribution in [0.1, 0.15) is 17.3 Å². The Morgan fingerprint density at radius 2 is 1.50 bits per heavy atom. The maximum Gasteiger partial charge on any atom is 0.343 e. The zero-order valence-corrected chi connectivity index (χ0v) is 11.2. The molecule has 0 saturated carbocycles. The molecule has 0 aromatic heterocycles. The van der Waals surface area contributed by atoms with Crippen LogP contribution < -0.4 is 0 Å². The molecule has 0 bridgehead atoms. The molecule has 3 rings (SSSR count). The summed E-state index contributed by atoms with van der Waals surface area (Å²) in [6, 6.07) is 18.0. The third kappa shape index (κ3) is 2.28. The van der Waals surface area contributed by atoms with Crippen LogP contribution in [0.4, 0.5) is 0 Å². The summed E-state index contributed by atoms with van der Waals surface area (Å²) in [5, 5.41) is 4.48. The van der Waals surface area contributed by atoms with E-state index in [1.165, 1.54) is 5.39 Å². The van der Waals surface area contributed by atoms with Crippen LogP contribution in [0.5, 0.6) is 0 Å². The van der Waals surface area contributed by atoms with Crippen molar-refractivity contribution >= 4 is 27.5 Å². The van der Waals surface area contributed by atoms with Gasteiger partial charge in [-0.25, -0.2) is 4.79 Å². The number of allylic oxidation sites excluding steroid dienone is 1. The van der Waals surface area contributed by atoms with Gasteiger partial charge in [0.1, 0.15) is 0 Å². The van der Waals surface area contributed by atoms with Gasteiger partial charge in [0.25, 0.3) is 0 Å². The second-order valence-corrected chi connectivity index (χ2v) is 4.85. The summed E-state index contributed by atoms with van der Waals surface area (Å²) in [6.07, 6.45) is 0. The van der Waals surface area contributed by atoms with E-state index in [2.05, 4.69) is 30.8 Å². The Bertz CT molecular complexity index is 831. The number of carbonyl (C=O) groups excluding carboxylic acids is 1. The second-order valence-electron chi connectivity index (χ2n) is 4.85. The van der Waals surface area contributed by atoms with Crippen LogP contribution in [0.15, 0.2) is 66.9 Å². The average molecular weight is 262 g/mol. The van der Waals surface area contributed by atoms with Crippen LogP contribution >= 0.6 is 0 Å². The van der Waals surface area contributed by atoms with Gasteiger partial charge >= 0.3 is 5.97 Å². The fourth-order valence-corrected chi connectivity index (χ4v) is 2.28. The molecule has 0 aliphatic carbocycles. The number of fused-ring (bicyclic) bond motifs is 2. The molecule has 0 saturated heterocycles. The summed E-state index contributed by atoms with van der Waals surface area (Å²) in [5.74, 6) is 0.0289. The smallest absolute Gasteiger partial charge is 0.343 e. The minimum Gasteiger partial charge on any atom is -0.428 e. The van der Waals surface area contributed by atoms with E-state index in [0.29, 0.717) is 11.3 Å². The van der Waals surface area contributed by atoms with Gasteiger partial charge in [-0.15, -0.1) is 0 Å². The first kappa shape index (κ1) is 12.4. The lowest BCUT2D eigenvalue weighted by molar-refractivity contribution is 0.0628. The summed E-state index contributed by atoms with van der Waals surface area (Å²) in [4.78, 5) is 11.9. The van der Waals surface area contributed by atoms with Gasteiger partial charge in [-0.3, -0.25) is 0 Å². The lowest BCUT2D eigenvalue weighted by atomic mass is 10.0. The largest absolute Gasteiger partial charge is 0.428 e. The van der Waals surface area contributed by atoms with E-state index in [1.807, 2.05) is 24.3 Å². The lowest BCUT2D eigenvalue weighted by Crippen LogP contribution is -2.02. The highest BCUT2D eigenvalue weighted by Crippen LogP contribution is 2.24. The predicted molar refractivity (Wildman–Crippen MR) is 81.7 cm³/mol. The van der Waals surface area contributed by atoms with Crippen molar-refractivity contribution in [2.45, 2.75) is 6.92 Å². The van der Waals surface area contributed by atoms with Crippen LogP contribution in [0, 0.1) is 0 Å². The van der Waals surface area contributed by atoms with Gasteiger partial charge in [-0.05, 0) is 52.7 Å². The Kier molecular flexibility index (Phi) is 2.99. The summed E-state index contributed by atoms with van der Waals surface area (Å²) in [5.41, 5.74) is 0.538. The highest BCUT2D eigenvalue weighted by molar-refractivity contribution is 6.01. The fraction of sp³-hybridized carbons (Fsp3) is 0.0556. The van der Waals surface area contributed by atoms with Crippen molar-refractivity contribution in [1.82, 2.24) is 0 Å². The maximum atomic E-state index is 11.9. The van der Waals surface area contributed by atoms with Crippen LogP contribution in [-0.4, -0.2) is 5.97 Å². The third-order valence-electron chi connectivity index (χ3n) is 3.21. The van der Waals surface area contributed by atoms with Gasteiger partial charge < -0.3 is 4.74 Å². The van der Waals surface area contributed by atoms with Crippen molar-refractivity contribution in [1.29, 1.82) is 0 Å². The molecule has 0 aliphatic heterocycles. The Balaban J connectivity index is 2.12. The molecule has 0 N–H and O–H groups in total. The van der Waals surface area contributed by atoms with Gasteiger partial charge in [-0.2, -0.15) is 0 Å². The van der Waals surface area contributed by atoms with Crippen molar-refractivity contribution in [3.8, 4) is 0 Å². The molecule has 3 aromatic carbocycles. The van der Waals surface area contributed by atoms with Crippen molar-refractivity contribution < 1.29 is 9.53 Å². The molecule has 0 aliphatic rings. The number of carbonyl (C=O) groups is 1. The molecular formula is C18H14O2. The first-order valence-electron chi connectivity index (χ1n) is 6.44. The quantitative estimate of drug-likeness (QED) is 0.380. The topological polar surface area (TPSA) is 26.3 Å². The molecule has 0 fully saturated rings. The molecule has 3 aromatic rings. The molecule has 2 nitrogen and oxygen atoms in total. The molecule has 0 amide bonds. The van der Waals surface area contributed by atoms with E-state index in [-0.39, 0.29) is 5.97 Å². The van der Waals surface area contributed by atoms with Crippen LogP contribution in [-0.2, 0) is 4.74 Å². The third-order valence-corrected chi connectivity index (χ3v) is 3.21. The van der Waals surface area contributed by atoms with Gasteiger partial charge in [0.05, 0.1) is 11.3 Å². The first-order valence-corrected chi connectivity index (χ1v) is 6.44. The monoisotopic (exact) mass is 262 g/mol. The van der Waals surface area contributed by atoms with Crippen molar-refractivity contribution in [2.75, 3.05) is 0 Å². The number of hydrogen-bond acceptors (Lipinski definition) is 2. The zero-order valence-electron chi connectivity index (χ0n) is 11.2. The summed E-state index contributed by atoms with van der Waals surface area (Å²) < 4.78 is 5.04. The lowest BCUT2D eigenvalue weighted by Gasteiger charge is -2.06. The van der Waals surface area contributed by atoms with E-state index in [4.69, 9.17) is 4.74 Å². The number of hydrogen-bond donors (Lipinski definition) is 0. The minimum absolute atomic E-state index is 0.368. The molecule has 0 heterocycles. The molecule has 2 heteroatoms. The van der Waals surface area contributed by atoms with Crippen LogP contribution in [0.3, 0.4) is 0 Å². The highest BCUT2D eigenvalue weighted by Gasteiger charge is 2.08. The minimum atomic E-state index is -0.368. The molecular weight excluding hydrogens is 248 g/mol. The fourth-order valence-electron chi connectivity index (χ4n) is 2.28. The normalized spacial score (nSPS) is 10.7. The standard InChI is InChI=1S/C18H14O2/c1-12(2)20-18(19)16-8-7-15-9-13-5-3-4-6-14(13)10-17(15)11-16/h3-11H,1H2,2H3. The van der Waals surface area contributed by atoms with Gasteiger partial charge in [0, 0.05) is 0 Å². The van der Waals surface area contributed by atoms with Crippen molar-refractivity contribution in [3.63, 3.8) is 0 Å². The highest BCUT2D eigenvalue weighted by atomic mass is 16.5. The molecule has 0 atom stereocenters. The van der Waals surface area contributed by atoms with Crippen LogP contribution in [0.2, 0.25) is 0 Å². The van der Waals surface area contributed by atoms with E-state index >= 15 is 0 Å². The summed E-state index contributed by atoms with van der Waals surface area (Å²) in [6.45, 7) is 5.24. The van der Waals surface area contributed by atoms with Crippen LogP contribution in [0.25, 0.3) is 21.5 Å². The average Bonchev–Trinajstić information content (AvgIpc) is 2.43. The number of esters is 1. The predicted octanol–water partition coefficient (Wildman–Crippen LogP) is 4.68. The SMILES string of the molecule is C=C(C)OC(=O)c1ccc2cc3ccccc3cc2c1. The summed E-state index contributed by atoms with van der Waals surface area (Å²) >= 11 is 0. The Hall–Kier alpha value is -2.61. The molecule has 98 valence electrons.